The maximum Gasteiger partial charge on any atom is 0.458 e. The van der Waals surface area contributed by atoms with Crippen LogP contribution in [0.3, 0.4) is 0 Å². The summed E-state index contributed by atoms with van der Waals surface area (Å²) in [5, 5.41) is 0. The van der Waals surface area contributed by atoms with Gasteiger partial charge in [-0.3, -0.25) is 0 Å². The molecule has 0 amide bonds. The van der Waals surface area contributed by atoms with E-state index in [9.17, 15) is 43.9 Å². The Kier molecular flexibility index (Phi) is 3.26. The highest BCUT2D eigenvalue weighted by Gasteiger charge is 2.62. The molecule has 1 aromatic rings. The van der Waals surface area contributed by atoms with Crippen LogP contribution in [-0.4, -0.2) is 6.18 Å². The zero-order valence-electron chi connectivity index (χ0n) is 7.78. The van der Waals surface area contributed by atoms with E-state index in [2.05, 4.69) is 0 Å². The van der Waals surface area contributed by atoms with Crippen molar-refractivity contribution in [3.63, 3.8) is 0 Å². The number of hydrogen-bond donors (Lipinski definition) is 0. The molecule has 0 atom stereocenters. The predicted molar refractivity (Wildman–Crippen MR) is 36.2 cm³/mol. The third kappa shape index (κ3) is 1.89. The molecule has 0 nitrogen and oxygen atoms in total. The number of hydrogen-bond acceptors (Lipinski definition) is 0. The Hall–Kier alpha value is -1.48. The van der Waals surface area contributed by atoms with Crippen molar-refractivity contribution in [2.45, 2.75) is 12.1 Å². The molecular formula is C8F10. The molecule has 0 heterocycles. The molecule has 0 saturated carbocycles. The van der Waals surface area contributed by atoms with Gasteiger partial charge in [-0.25, -0.2) is 22.0 Å². The highest BCUT2D eigenvalue weighted by molar-refractivity contribution is 5.29. The summed E-state index contributed by atoms with van der Waals surface area (Å²) in [5.74, 6) is -21.3. The van der Waals surface area contributed by atoms with Gasteiger partial charge in [-0.2, -0.15) is 22.0 Å². The standard InChI is InChI=1S/C8F10/c9-2-1(7(14,15)8(16,17)18)3(10)5(12)6(13)4(2)11. The normalized spacial score (nSPS) is 13.0. The van der Waals surface area contributed by atoms with Crippen LogP contribution in [0.2, 0.25) is 0 Å². The molecule has 0 bridgehead atoms. The molecule has 0 aliphatic rings. The van der Waals surface area contributed by atoms with E-state index in [4.69, 9.17) is 0 Å². The Morgan fingerprint density at radius 3 is 1.06 bits per heavy atom. The monoisotopic (exact) mass is 286 g/mol. The molecule has 0 spiro atoms. The number of rotatable bonds is 1. The highest BCUT2D eigenvalue weighted by Crippen LogP contribution is 2.46. The molecule has 10 heteroatoms. The average Bonchev–Trinajstić information content (AvgIpc) is 2.22. The fourth-order valence-electron chi connectivity index (χ4n) is 1.02. The van der Waals surface area contributed by atoms with Crippen LogP contribution in [-0.2, 0) is 5.92 Å². The molecule has 1 aromatic carbocycles. The highest BCUT2D eigenvalue weighted by atomic mass is 19.4. The zero-order valence-corrected chi connectivity index (χ0v) is 7.78. The van der Waals surface area contributed by atoms with Gasteiger partial charge in [-0.15, -0.1) is 0 Å². The van der Waals surface area contributed by atoms with Crippen LogP contribution in [0.5, 0.6) is 0 Å². The van der Waals surface area contributed by atoms with Crippen molar-refractivity contribution in [3.05, 3.63) is 34.6 Å². The van der Waals surface area contributed by atoms with Crippen molar-refractivity contribution < 1.29 is 43.9 Å². The molecule has 0 radical (unpaired) electrons. The molecule has 0 aliphatic heterocycles. The molecule has 18 heavy (non-hydrogen) atoms. The molecule has 0 fully saturated rings. The summed E-state index contributed by atoms with van der Waals surface area (Å²) < 4.78 is 123. The summed E-state index contributed by atoms with van der Waals surface area (Å²) in [6, 6.07) is 0. The minimum absolute atomic E-state index is 2.83. The van der Waals surface area contributed by atoms with Gasteiger partial charge in [-0.1, -0.05) is 0 Å². The van der Waals surface area contributed by atoms with Crippen LogP contribution in [0, 0.1) is 29.1 Å². The van der Waals surface area contributed by atoms with E-state index in [1.54, 1.807) is 0 Å². The number of benzene rings is 1. The van der Waals surface area contributed by atoms with Gasteiger partial charge < -0.3 is 0 Å². The average molecular weight is 286 g/mol. The van der Waals surface area contributed by atoms with Crippen molar-refractivity contribution >= 4 is 0 Å². The lowest BCUT2D eigenvalue weighted by molar-refractivity contribution is -0.291. The molecule has 0 N–H and O–H groups in total. The van der Waals surface area contributed by atoms with Crippen molar-refractivity contribution in [2.24, 2.45) is 0 Å². The van der Waals surface area contributed by atoms with Crippen LogP contribution in [0.15, 0.2) is 0 Å². The lowest BCUT2D eigenvalue weighted by Crippen LogP contribution is -2.36. The van der Waals surface area contributed by atoms with Crippen LogP contribution >= 0.6 is 0 Å². The van der Waals surface area contributed by atoms with Crippen LogP contribution in [0.25, 0.3) is 0 Å². The van der Waals surface area contributed by atoms with Gasteiger partial charge in [0.2, 0.25) is 5.82 Å². The lowest BCUT2D eigenvalue weighted by Gasteiger charge is -2.21. The molecular weight excluding hydrogens is 286 g/mol. The SMILES string of the molecule is Fc1c(F)c(F)c(C(F)(F)C(F)(F)F)c(F)c1F. The second kappa shape index (κ2) is 4.02. The first-order chi connectivity index (χ1) is 7.93. The summed E-state index contributed by atoms with van der Waals surface area (Å²) in [6.45, 7) is 0. The first kappa shape index (κ1) is 14.6. The van der Waals surface area contributed by atoms with Gasteiger partial charge in [0.05, 0.1) is 0 Å². The Morgan fingerprint density at radius 1 is 0.500 bits per heavy atom. The Labute approximate surface area is 91.8 Å². The van der Waals surface area contributed by atoms with Crippen LogP contribution in [0.4, 0.5) is 43.9 Å². The van der Waals surface area contributed by atoms with Crippen molar-refractivity contribution in [2.75, 3.05) is 0 Å². The number of halogens is 10. The molecule has 0 unspecified atom stereocenters. The van der Waals surface area contributed by atoms with Crippen LogP contribution < -0.4 is 0 Å². The molecule has 0 saturated heterocycles. The van der Waals surface area contributed by atoms with Gasteiger partial charge in [0.1, 0.15) is 5.56 Å². The first-order valence-corrected chi connectivity index (χ1v) is 3.89. The van der Waals surface area contributed by atoms with Crippen molar-refractivity contribution in [1.82, 2.24) is 0 Å². The van der Waals surface area contributed by atoms with Crippen molar-refractivity contribution in [3.8, 4) is 0 Å². The Bertz CT molecular complexity index is 457. The van der Waals surface area contributed by atoms with Crippen molar-refractivity contribution in [1.29, 1.82) is 0 Å². The number of alkyl halides is 5. The minimum atomic E-state index is -6.51. The van der Waals surface area contributed by atoms with E-state index in [1.165, 1.54) is 0 Å². The van der Waals surface area contributed by atoms with E-state index >= 15 is 0 Å². The molecule has 0 aromatic heterocycles. The fourth-order valence-corrected chi connectivity index (χ4v) is 1.02. The third-order valence-corrected chi connectivity index (χ3v) is 1.88. The van der Waals surface area contributed by atoms with Gasteiger partial charge in [-0.05, 0) is 0 Å². The zero-order chi connectivity index (χ0) is 14.5. The van der Waals surface area contributed by atoms with E-state index in [-0.39, 0.29) is 0 Å². The van der Waals surface area contributed by atoms with Gasteiger partial charge in [0.25, 0.3) is 0 Å². The van der Waals surface area contributed by atoms with E-state index < -0.39 is 46.7 Å². The van der Waals surface area contributed by atoms with E-state index in [0.717, 1.165) is 0 Å². The second-order valence-electron chi connectivity index (χ2n) is 3.02. The van der Waals surface area contributed by atoms with Gasteiger partial charge in [0, 0.05) is 0 Å². The predicted octanol–water partition coefficient (Wildman–Crippen LogP) is 4.04. The summed E-state index contributed by atoms with van der Waals surface area (Å²) in [7, 11) is 0. The van der Waals surface area contributed by atoms with Crippen LogP contribution in [0.1, 0.15) is 5.56 Å². The Morgan fingerprint density at radius 2 is 0.778 bits per heavy atom. The smallest absolute Gasteiger partial charge is 0.203 e. The maximum atomic E-state index is 12.7. The fraction of sp³-hybridized carbons (Fsp3) is 0.250. The first-order valence-electron chi connectivity index (χ1n) is 3.89. The summed E-state index contributed by atoms with van der Waals surface area (Å²) in [5.41, 5.74) is -3.23. The van der Waals surface area contributed by atoms with E-state index in [1.807, 2.05) is 0 Å². The summed E-state index contributed by atoms with van der Waals surface area (Å²) in [4.78, 5) is 0. The molecule has 1 rings (SSSR count). The lowest BCUT2D eigenvalue weighted by atomic mass is 10.1. The topological polar surface area (TPSA) is 0 Å². The summed E-state index contributed by atoms with van der Waals surface area (Å²) in [6.07, 6.45) is -6.51. The molecule has 0 aliphatic carbocycles. The summed E-state index contributed by atoms with van der Waals surface area (Å²) >= 11 is 0. The molecule has 102 valence electrons. The second-order valence-corrected chi connectivity index (χ2v) is 3.02. The third-order valence-electron chi connectivity index (χ3n) is 1.88. The van der Waals surface area contributed by atoms with Gasteiger partial charge >= 0.3 is 12.1 Å². The largest absolute Gasteiger partial charge is 0.458 e. The maximum absolute atomic E-state index is 12.7. The Balaban J connectivity index is 3.72. The van der Waals surface area contributed by atoms with E-state index in [0.29, 0.717) is 0 Å². The minimum Gasteiger partial charge on any atom is -0.203 e. The van der Waals surface area contributed by atoms with Gasteiger partial charge in [0.15, 0.2) is 23.3 Å². The quantitative estimate of drug-likeness (QED) is 0.415.